The summed E-state index contributed by atoms with van der Waals surface area (Å²) in [4.78, 5) is 58.5. The molecule has 0 saturated carbocycles. The van der Waals surface area contributed by atoms with Crippen LogP contribution in [0.25, 0.3) is 10.8 Å². The van der Waals surface area contributed by atoms with Crippen molar-refractivity contribution in [1.82, 2.24) is 16.0 Å². The number of carbonyl (C=O) groups is 4. The van der Waals surface area contributed by atoms with E-state index in [1.54, 1.807) is 57.4 Å². The molecule has 0 aliphatic rings. The van der Waals surface area contributed by atoms with E-state index in [1.165, 1.54) is 0 Å². The molecule has 12 heteroatoms. The fourth-order valence-corrected chi connectivity index (χ4v) is 5.46. The van der Waals surface area contributed by atoms with Crippen molar-refractivity contribution in [3.8, 4) is 5.75 Å². The Morgan fingerprint density at radius 1 is 0.760 bits per heavy atom. The summed E-state index contributed by atoms with van der Waals surface area (Å²) in [5, 5.41) is 13.2. The van der Waals surface area contributed by atoms with E-state index >= 15 is 0 Å². The SMILES string of the molecule is COc1cc(NC(=O)[C@H](CCCN=C(N)N)NC(=O)[C@H](NC(=O)[C@@H](Cc2ccccc2)NC(=O)c2ccccc2)C(C)C)cc2ccccc12. The molecule has 0 spiro atoms. The molecule has 12 nitrogen and oxygen atoms in total. The number of nitrogens with two attached hydrogens (primary N) is 2. The van der Waals surface area contributed by atoms with Crippen molar-refractivity contribution >= 4 is 46.0 Å². The molecule has 0 aromatic heterocycles. The van der Waals surface area contributed by atoms with Crippen molar-refractivity contribution in [2.24, 2.45) is 22.4 Å². The minimum atomic E-state index is -1.02. The zero-order valence-corrected chi connectivity index (χ0v) is 28.5. The van der Waals surface area contributed by atoms with Gasteiger partial charge in [0.1, 0.15) is 23.9 Å². The first-order valence-electron chi connectivity index (χ1n) is 16.5. The second-order valence-corrected chi connectivity index (χ2v) is 12.2. The monoisotopic (exact) mass is 679 g/mol. The lowest BCUT2D eigenvalue weighted by atomic mass is 10.00. The summed E-state index contributed by atoms with van der Waals surface area (Å²) in [6.45, 7) is 3.82. The number of amides is 4. The molecule has 0 unspecified atom stereocenters. The lowest BCUT2D eigenvalue weighted by Crippen LogP contribution is -2.58. The fourth-order valence-electron chi connectivity index (χ4n) is 5.46. The Morgan fingerprint density at radius 3 is 2.08 bits per heavy atom. The summed E-state index contributed by atoms with van der Waals surface area (Å²) in [6, 6.07) is 26.0. The van der Waals surface area contributed by atoms with Gasteiger partial charge in [-0.3, -0.25) is 24.2 Å². The van der Waals surface area contributed by atoms with Crippen molar-refractivity contribution in [1.29, 1.82) is 0 Å². The Balaban J connectivity index is 1.53. The topological polar surface area (TPSA) is 190 Å². The molecular weight excluding hydrogens is 634 g/mol. The van der Waals surface area contributed by atoms with Crippen LogP contribution < -0.4 is 37.5 Å². The maximum Gasteiger partial charge on any atom is 0.251 e. The Morgan fingerprint density at radius 2 is 1.42 bits per heavy atom. The highest BCUT2D eigenvalue weighted by molar-refractivity contribution is 6.02. The van der Waals surface area contributed by atoms with Crippen molar-refractivity contribution < 1.29 is 23.9 Å². The first-order valence-corrected chi connectivity index (χ1v) is 16.5. The normalized spacial score (nSPS) is 12.6. The maximum atomic E-state index is 13.8. The largest absolute Gasteiger partial charge is 0.496 e. The van der Waals surface area contributed by atoms with Gasteiger partial charge in [-0.1, -0.05) is 86.6 Å². The van der Waals surface area contributed by atoms with Gasteiger partial charge in [-0.25, -0.2) is 0 Å². The molecule has 3 atom stereocenters. The lowest BCUT2D eigenvalue weighted by Gasteiger charge is -2.27. The van der Waals surface area contributed by atoms with E-state index in [4.69, 9.17) is 16.2 Å². The van der Waals surface area contributed by atoms with Gasteiger partial charge in [0.15, 0.2) is 5.96 Å². The van der Waals surface area contributed by atoms with Gasteiger partial charge in [-0.15, -0.1) is 0 Å². The second kappa shape index (κ2) is 18.0. The van der Waals surface area contributed by atoms with Crippen LogP contribution in [-0.2, 0) is 20.8 Å². The van der Waals surface area contributed by atoms with Crippen LogP contribution in [0, 0.1) is 5.92 Å². The van der Waals surface area contributed by atoms with Gasteiger partial charge in [0.25, 0.3) is 5.91 Å². The molecular formula is C38H45N7O5. The predicted molar refractivity (Wildman–Crippen MR) is 196 cm³/mol. The summed E-state index contributed by atoms with van der Waals surface area (Å²) in [6.07, 6.45) is 0.797. The molecule has 8 N–H and O–H groups in total. The molecule has 0 saturated heterocycles. The number of nitrogens with one attached hydrogen (secondary N) is 4. The molecule has 0 fully saturated rings. The van der Waals surface area contributed by atoms with Gasteiger partial charge < -0.3 is 37.5 Å². The van der Waals surface area contributed by atoms with Gasteiger partial charge in [0.05, 0.1) is 7.11 Å². The maximum absolute atomic E-state index is 13.8. The van der Waals surface area contributed by atoms with E-state index in [0.717, 1.165) is 16.3 Å². The molecule has 0 aliphatic carbocycles. The molecule has 0 bridgehead atoms. The van der Waals surface area contributed by atoms with E-state index in [9.17, 15) is 19.2 Å². The third-order valence-corrected chi connectivity index (χ3v) is 8.08. The van der Waals surface area contributed by atoms with Crippen molar-refractivity contribution in [3.63, 3.8) is 0 Å². The minimum Gasteiger partial charge on any atom is -0.496 e. The van der Waals surface area contributed by atoms with Gasteiger partial charge in [-0.05, 0) is 47.9 Å². The number of hydrogen-bond acceptors (Lipinski definition) is 6. The molecule has 4 aromatic carbocycles. The quantitative estimate of drug-likeness (QED) is 0.0593. The first kappa shape index (κ1) is 36.9. The fraction of sp³-hybridized carbons (Fsp3) is 0.289. The minimum absolute atomic E-state index is 0.0784. The Hall–Kier alpha value is -5.91. The lowest BCUT2D eigenvalue weighted by molar-refractivity contribution is -0.132. The smallest absolute Gasteiger partial charge is 0.251 e. The van der Waals surface area contributed by atoms with E-state index in [1.807, 2.05) is 60.7 Å². The molecule has 0 heterocycles. The number of carbonyl (C=O) groups excluding carboxylic acids is 4. The van der Waals surface area contributed by atoms with Crippen LogP contribution in [0.3, 0.4) is 0 Å². The Kier molecular flexibility index (Phi) is 13.3. The van der Waals surface area contributed by atoms with Crippen LogP contribution in [0.2, 0.25) is 0 Å². The van der Waals surface area contributed by atoms with Crippen LogP contribution in [0.5, 0.6) is 5.75 Å². The van der Waals surface area contributed by atoms with Gasteiger partial charge in [-0.2, -0.15) is 0 Å². The number of fused-ring (bicyclic) bond motifs is 1. The number of anilines is 1. The summed E-state index contributed by atoms with van der Waals surface area (Å²) in [5.74, 6) is -1.84. The molecule has 262 valence electrons. The van der Waals surface area contributed by atoms with Crippen LogP contribution >= 0.6 is 0 Å². The first-order chi connectivity index (χ1) is 24.0. The van der Waals surface area contributed by atoms with Crippen LogP contribution in [0.15, 0.2) is 102 Å². The van der Waals surface area contributed by atoms with Crippen LogP contribution in [-0.4, -0.2) is 61.4 Å². The van der Waals surface area contributed by atoms with E-state index in [2.05, 4.69) is 26.3 Å². The van der Waals surface area contributed by atoms with Crippen molar-refractivity contribution in [3.05, 3.63) is 108 Å². The molecule has 50 heavy (non-hydrogen) atoms. The number of guanidine groups is 1. The molecule has 4 rings (SSSR count). The third-order valence-electron chi connectivity index (χ3n) is 8.08. The number of nitrogens with zero attached hydrogens (tertiary/aromatic N) is 1. The molecule has 4 aromatic rings. The average molecular weight is 680 g/mol. The van der Waals surface area contributed by atoms with Gasteiger partial charge >= 0.3 is 0 Å². The number of hydrogen-bond donors (Lipinski definition) is 6. The summed E-state index contributed by atoms with van der Waals surface area (Å²) >= 11 is 0. The van der Waals surface area contributed by atoms with Crippen LogP contribution in [0.1, 0.15) is 42.6 Å². The summed E-state index contributed by atoms with van der Waals surface area (Å²) < 4.78 is 5.55. The van der Waals surface area contributed by atoms with Crippen molar-refractivity contribution in [2.75, 3.05) is 19.0 Å². The zero-order chi connectivity index (χ0) is 36.0. The number of benzene rings is 4. The molecule has 0 radical (unpaired) electrons. The third kappa shape index (κ3) is 10.5. The molecule has 4 amide bonds. The number of ether oxygens (including phenoxy) is 1. The van der Waals surface area contributed by atoms with Crippen LogP contribution in [0.4, 0.5) is 5.69 Å². The van der Waals surface area contributed by atoms with E-state index in [-0.39, 0.29) is 31.3 Å². The Bertz CT molecular complexity index is 1790. The number of aliphatic imine (C=N–C) groups is 1. The van der Waals surface area contributed by atoms with Gasteiger partial charge in [0.2, 0.25) is 17.7 Å². The number of rotatable bonds is 16. The predicted octanol–water partition coefficient (Wildman–Crippen LogP) is 3.51. The average Bonchev–Trinajstić information content (AvgIpc) is 3.11. The summed E-state index contributed by atoms with van der Waals surface area (Å²) in [7, 11) is 1.55. The highest BCUT2D eigenvalue weighted by Gasteiger charge is 2.32. The second-order valence-electron chi connectivity index (χ2n) is 12.2. The summed E-state index contributed by atoms with van der Waals surface area (Å²) in [5.41, 5.74) is 12.7. The Labute approximate surface area is 292 Å². The standard InChI is InChI=1S/C38H45N7O5/c1-24(2)33(45-36(48)31(21-25-13-6-4-7-14-25)44-34(46)26-15-8-5-9-16-26)37(49)43-30(19-12-20-41-38(39)40)35(47)42-28-22-27-17-10-11-18-29(27)32(23-28)50-3/h4-11,13-18,22-24,30-31,33H,12,19-21H2,1-3H3,(H,42,47)(H,43,49)(H,44,46)(H,45,48)(H4,39,40,41)/t30-,31+,33+/m0/s1. The highest BCUT2D eigenvalue weighted by atomic mass is 16.5. The van der Waals surface area contributed by atoms with Gasteiger partial charge in [0, 0.05) is 35.7 Å². The molecule has 0 aliphatic heterocycles. The highest BCUT2D eigenvalue weighted by Crippen LogP contribution is 2.30. The van der Waals surface area contributed by atoms with E-state index in [0.29, 0.717) is 23.4 Å². The van der Waals surface area contributed by atoms with E-state index < -0.39 is 41.8 Å². The zero-order valence-electron chi connectivity index (χ0n) is 28.5. The number of methoxy groups -OCH3 is 1. The van der Waals surface area contributed by atoms with Crippen molar-refractivity contribution in [2.45, 2.75) is 51.2 Å².